The Bertz CT molecular complexity index is 740. The third kappa shape index (κ3) is 2.87. The Morgan fingerprint density at radius 3 is 2.38 bits per heavy atom. The Kier molecular flexibility index (Phi) is 4.72. The summed E-state index contributed by atoms with van der Waals surface area (Å²) in [5.41, 5.74) is -0.390. The van der Waals surface area contributed by atoms with Crippen LogP contribution in [0, 0.1) is 0 Å². The van der Waals surface area contributed by atoms with Gasteiger partial charge in [-0.1, -0.05) is 43.2 Å². The summed E-state index contributed by atoms with van der Waals surface area (Å²) in [6, 6.07) is 0.0763. The second-order valence-corrected chi connectivity index (χ2v) is 9.76. The first kappa shape index (κ1) is 17.8. The van der Waals surface area contributed by atoms with E-state index in [1.807, 2.05) is 0 Å². The van der Waals surface area contributed by atoms with Crippen LogP contribution in [0.25, 0.3) is 0 Å². The third-order valence-electron chi connectivity index (χ3n) is 4.92. The minimum atomic E-state index is -0.600. The summed E-state index contributed by atoms with van der Waals surface area (Å²) in [4.78, 5) is 27.1. The van der Waals surface area contributed by atoms with Crippen molar-refractivity contribution >= 4 is 28.3 Å². The minimum absolute atomic E-state index is 0.234. The van der Waals surface area contributed by atoms with Crippen molar-refractivity contribution in [1.29, 1.82) is 0 Å². The third-order valence-corrected chi connectivity index (χ3v) is 6.50. The number of rotatable bonds is 3. The van der Waals surface area contributed by atoms with Crippen molar-refractivity contribution in [2.45, 2.75) is 82.8 Å². The smallest absolute Gasteiger partial charge is 0.330 e. The molecule has 1 saturated heterocycles. The highest BCUT2D eigenvalue weighted by Crippen LogP contribution is 2.49. The van der Waals surface area contributed by atoms with Gasteiger partial charge < -0.3 is 9.42 Å². The monoisotopic (exact) mass is 371 g/mol. The van der Waals surface area contributed by atoms with E-state index in [1.165, 1.54) is 28.6 Å². The fourth-order valence-electron chi connectivity index (χ4n) is 3.81. The molecule has 3 rings (SSSR count). The summed E-state index contributed by atoms with van der Waals surface area (Å²) in [7, 11) is 0. The maximum Gasteiger partial charge on any atom is 0.443 e. The zero-order chi connectivity index (χ0) is 17.6. The molecule has 1 aromatic heterocycles. The SMILES string of the molecule is CC(C)n1c(=O)on(C2N(C3CCCCC3)C(=S)SC2(C)C)c1=O. The van der Waals surface area contributed by atoms with Crippen molar-refractivity contribution in [2.75, 3.05) is 0 Å². The number of hydrogen-bond donors (Lipinski definition) is 0. The number of thiocarbonyl (C=S) groups is 1. The molecule has 0 N–H and O–H groups in total. The van der Waals surface area contributed by atoms with Crippen LogP contribution in [0.5, 0.6) is 0 Å². The van der Waals surface area contributed by atoms with E-state index >= 15 is 0 Å². The molecule has 0 amide bonds. The van der Waals surface area contributed by atoms with E-state index in [0.717, 1.165) is 17.2 Å². The molecule has 8 heteroatoms. The van der Waals surface area contributed by atoms with Gasteiger partial charge in [-0.15, -0.1) is 4.74 Å². The van der Waals surface area contributed by atoms with Gasteiger partial charge in [-0.2, -0.15) is 0 Å². The van der Waals surface area contributed by atoms with Crippen molar-refractivity contribution in [3.8, 4) is 0 Å². The molecule has 6 nitrogen and oxygen atoms in total. The summed E-state index contributed by atoms with van der Waals surface area (Å²) in [5.74, 6) is -0.600. The minimum Gasteiger partial charge on any atom is -0.330 e. The van der Waals surface area contributed by atoms with Crippen LogP contribution in [0.3, 0.4) is 0 Å². The molecule has 1 aliphatic carbocycles. The van der Waals surface area contributed by atoms with Gasteiger partial charge in [-0.05, 0) is 40.5 Å². The standard InChI is InChI=1S/C16H25N3O3S2/c1-10(2)17-13(20)19(22-14(17)21)12-16(3,4)24-15(23)18(12)11-8-6-5-7-9-11/h10-12H,5-9H2,1-4H3. The molecular weight excluding hydrogens is 346 g/mol. The summed E-state index contributed by atoms with van der Waals surface area (Å²) < 4.78 is 8.27. The highest BCUT2D eigenvalue weighted by atomic mass is 32.2. The van der Waals surface area contributed by atoms with Gasteiger partial charge in [0, 0.05) is 12.1 Å². The lowest BCUT2D eigenvalue weighted by atomic mass is 9.93. The van der Waals surface area contributed by atoms with Gasteiger partial charge in [0.05, 0.1) is 4.75 Å². The zero-order valence-corrected chi connectivity index (χ0v) is 16.3. The predicted molar refractivity (Wildman–Crippen MR) is 99.6 cm³/mol. The molecule has 1 saturated carbocycles. The molecule has 1 aromatic rings. The number of aromatic nitrogens is 2. The van der Waals surface area contributed by atoms with Crippen molar-refractivity contribution in [2.24, 2.45) is 0 Å². The summed E-state index contributed by atoms with van der Waals surface area (Å²) >= 11 is 7.21. The molecule has 0 bridgehead atoms. The molecule has 134 valence electrons. The molecule has 1 unspecified atom stereocenters. The molecule has 1 atom stereocenters. The first-order valence-electron chi connectivity index (χ1n) is 8.59. The van der Waals surface area contributed by atoms with Crippen LogP contribution < -0.4 is 11.4 Å². The summed E-state index contributed by atoms with van der Waals surface area (Å²) in [6.45, 7) is 7.72. The van der Waals surface area contributed by atoms with Crippen molar-refractivity contribution < 1.29 is 4.52 Å². The first-order valence-corrected chi connectivity index (χ1v) is 9.82. The fourth-order valence-corrected chi connectivity index (χ4v) is 5.82. The highest BCUT2D eigenvalue weighted by Gasteiger charge is 2.50. The van der Waals surface area contributed by atoms with Gasteiger partial charge >= 0.3 is 11.4 Å². The molecule has 2 heterocycles. The second kappa shape index (κ2) is 6.37. The predicted octanol–water partition coefficient (Wildman–Crippen LogP) is 3.13. The van der Waals surface area contributed by atoms with Gasteiger partial charge in [0.1, 0.15) is 4.32 Å². The maximum absolute atomic E-state index is 12.8. The molecule has 24 heavy (non-hydrogen) atoms. The van der Waals surface area contributed by atoms with Crippen LogP contribution in [0.4, 0.5) is 0 Å². The Balaban J connectivity index is 2.08. The van der Waals surface area contributed by atoms with E-state index in [4.69, 9.17) is 16.7 Å². The van der Waals surface area contributed by atoms with E-state index in [9.17, 15) is 9.59 Å². The largest absolute Gasteiger partial charge is 0.443 e. The van der Waals surface area contributed by atoms with E-state index in [-0.39, 0.29) is 22.6 Å². The molecule has 0 radical (unpaired) electrons. The normalized spacial score (nSPS) is 25.0. The quantitative estimate of drug-likeness (QED) is 0.761. The summed E-state index contributed by atoms with van der Waals surface area (Å²) in [5, 5.41) is 0. The highest BCUT2D eigenvalue weighted by molar-refractivity contribution is 8.24. The number of hydrogen-bond acceptors (Lipinski definition) is 5. The Morgan fingerprint density at radius 2 is 1.83 bits per heavy atom. The summed E-state index contributed by atoms with van der Waals surface area (Å²) in [6.07, 6.45) is 5.37. The van der Waals surface area contributed by atoms with Crippen LogP contribution >= 0.6 is 24.0 Å². The fraction of sp³-hybridized carbons (Fsp3) is 0.812. The Morgan fingerprint density at radius 1 is 1.21 bits per heavy atom. The van der Waals surface area contributed by atoms with Gasteiger partial charge in [0.25, 0.3) is 0 Å². The van der Waals surface area contributed by atoms with Gasteiger partial charge in [-0.3, -0.25) is 0 Å². The molecular formula is C16H25N3O3S2. The first-order chi connectivity index (χ1) is 11.2. The average molecular weight is 372 g/mol. The van der Waals surface area contributed by atoms with Gasteiger partial charge in [0.2, 0.25) is 0 Å². The molecule has 2 fully saturated rings. The second-order valence-electron chi connectivity index (χ2n) is 7.47. The lowest BCUT2D eigenvalue weighted by molar-refractivity contribution is 0.0553. The Hall–Kier alpha value is -1.02. The van der Waals surface area contributed by atoms with Crippen LogP contribution in [0.1, 0.15) is 72.0 Å². The lowest BCUT2D eigenvalue weighted by Crippen LogP contribution is -2.47. The van der Waals surface area contributed by atoms with Gasteiger partial charge in [0.15, 0.2) is 6.17 Å². The molecule has 2 aliphatic rings. The van der Waals surface area contributed by atoms with Gasteiger partial charge in [-0.25, -0.2) is 14.2 Å². The average Bonchev–Trinajstić information content (AvgIpc) is 2.91. The van der Waals surface area contributed by atoms with Crippen molar-refractivity contribution in [3.05, 3.63) is 21.0 Å². The number of nitrogens with zero attached hydrogens (tertiary/aromatic N) is 3. The maximum atomic E-state index is 12.8. The topological polar surface area (TPSA) is 60.4 Å². The molecule has 1 aliphatic heterocycles. The number of thioether (sulfide) groups is 1. The van der Waals surface area contributed by atoms with Crippen molar-refractivity contribution in [1.82, 2.24) is 14.2 Å². The zero-order valence-electron chi connectivity index (χ0n) is 14.7. The van der Waals surface area contributed by atoms with Crippen LogP contribution in [-0.4, -0.2) is 29.3 Å². The Labute approximate surface area is 151 Å². The van der Waals surface area contributed by atoms with Crippen LogP contribution in [-0.2, 0) is 0 Å². The lowest BCUT2D eigenvalue weighted by Gasteiger charge is -2.38. The van der Waals surface area contributed by atoms with E-state index < -0.39 is 5.76 Å². The van der Waals surface area contributed by atoms with Crippen LogP contribution in [0.2, 0.25) is 0 Å². The van der Waals surface area contributed by atoms with E-state index in [1.54, 1.807) is 25.6 Å². The van der Waals surface area contributed by atoms with E-state index in [0.29, 0.717) is 6.04 Å². The molecule has 0 spiro atoms. The van der Waals surface area contributed by atoms with Crippen LogP contribution in [0.15, 0.2) is 14.1 Å². The van der Waals surface area contributed by atoms with E-state index in [2.05, 4.69) is 18.7 Å². The van der Waals surface area contributed by atoms with Crippen molar-refractivity contribution in [3.63, 3.8) is 0 Å². The molecule has 0 aromatic carbocycles.